The third kappa shape index (κ3) is 7.31. The third-order valence-corrected chi connectivity index (χ3v) is 10.8. The molecule has 2 fully saturated rings. The number of rotatable bonds is 12. The lowest BCUT2D eigenvalue weighted by atomic mass is 9.50. The van der Waals surface area contributed by atoms with Crippen LogP contribution in [0.2, 0.25) is 0 Å². The summed E-state index contributed by atoms with van der Waals surface area (Å²) in [6.07, 6.45) is 4.64. The number of amides is 3. The number of aromatic hydroxyl groups is 1. The smallest absolute Gasteiger partial charge is 0.415 e. The van der Waals surface area contributed by atoms with Gasteiger partial charge in [-0.3, -0.25) is 19.4 Å². The molecule has 3 amide bonds. The van der Waals surface area contributed by atoms with Gasteiger partial charge < -0.3 is 56.7 Å². The number of guanidine groups is 1. The molecule has 1 aromatic carbocycles. The fraction of sp³-hybridized carbons (Fsp3) is 0.618. The van der Waals surface area contributed by atoms with E-state index in [0.29, 0.717) is 55.8 Å². The zero-order valence-corrected chi connectivity index (χ0v) is 28.7. The molecule has 16 nitrogen and oxygen atoms in total. The molecular formula is C34H49N7O9. The van der Waals surface area contributed by atoms with E-state index in [1.807, 2.05) is 13.1 Å². The number of nitrogens with one attached hydrogen (secondary N) is 2. The molecule has 2 saturated heterocycles. The summed E-state index contributed by atoms with van der Waals surface area (Å²) in [4.78, 5) is 57.9. The Labute approximate surface area is 290 Å². The first-order valence-corrected chi connectivity index (χ1v) is 17.1. The van der Waals surface area contributed by atoms with E-state index in [1.54, 1.807) is 17.0 Å². The van der Waals surface area contributed by atoms with E-state index in [2.05, 4.69) is 20.5 Å². The Morgan fingerprint density at radius 3 is 2.68 bits per heavy atom. The van der Waals surface area contributed by atoms with Crippen LogP contribution in [0.25, 0.3) is 0 Å². The van der Waals surface area contributed by atoms with Crippen LogP contribution in [0.3, 0.4) is 0 Å². The number of carbonyl (C=O) groups is 4. The molecule has 50 heavy (non-hydrogen) atoms. The number of nitrogens with zero attached hydrogens (tertiary/aromatic N) is 3. The van der Waals surface area contributed by atoms with Crippen LogP contribution in [0.4, 0.5) is 4.79 Å². The Kier molecular flexibility index (Phi) is 11.1. The quantitative estimate of drug-likeness (QED) is 0.0680. The predicted molar refractivity (Wildman–Crippen MR) is 181 cm³/mol. The van der Waals surface area contributed by atoms with E-state index in [-0.39, 0.29) is 50.1 Å². The van der Waals surface area contributed by atoms with Gasteiger partial charge in [0.05, 0.1) is 18.8 Å². The Balaban J connectivity index is 1.29. The Hall–Kier alpha value is -4.57. The molecule has 274 valence electrons. The van der Waals surface area contributed by atoms with Gasteiger partial charge in [0, 0.05) is 49.5 Å². The average Bonchev–Trinajstić information content (AvgIpc) is 3.06. The van der Waals surface area contributed by atoms with Crippen LogP contribution in [0, 0.1) is 0 Å². The highest BCUT2D eigenvalue weighted by Gasteiger charge is 2.64. The highest BCUT2D eigenvalue weighted by atomic mass is 16.6. The molecule has 2 heterocycles. The highest BCUT2D eigenvalue weighted by Crippen LogP contribution is 2.60. The number of allylic oxidation sites excluding steroid dienone is 1. The molecule has 1 aromatic rings. The Morgan fingerprint density at radius 1 is 1.18 bits per heavy atom. The number of fused-ring (bicyclic) bond motifs is 1. The number of aliphatic imine (C=N–C) groups is 1. The minimum absolute atomic E-state index is 0.000432. The van der Waals surface area contributed by atoms with Crippen LogP contribution in [-0.2, 0) is 31.0 Å². The number of aliphatic hydroxyl groups is 1. The Morgan fingerprint density at radius 2 is 1.96 bits per heavy atom. The molecule has 2 aliphatic carbocycles. The normalized spacial score (nSPS) is 26.3. The number of carbonyl (C=O) groups excluding carboxylic acids is 3. The van der Waals surface area contributed by atoms with Crippen LogP contribution in [-0.4, -0.2) is 119 Å². The molecule has 4 aliphatic rings. The summed E-state index contributed by atoms with van der Waals surface area (Å²) in [6, 6.07) is 2.05. The summed E-state index contributed by atoms with van der Waals surface area (Å²) < 4.78 is 11.5. The highest BCUT2D eigenvalue weighted by molar-refractivity contribution is 5.96. The van der Waals surface area contributed by atoms with Gasteiger partial charge in [-0.15, -0.1) is 0 Å². The number of hydrogen-bond donors (Lipinski definition) is 7. The van der Waals surface area contributed by atoms with Gasteiger partial charge >= 0.3 is 12.1 Å². The van der Waals surface area contributed by atoms with Gasteiger partial charge in [-0.2, -0.15) is 0 Å². The summed E-state index contributed by atoms with van der Waals surface area (Å²) >= 11 is 0. The minimum atomic E-state index is -1.32. The maximum absolute atomic E-state index is 13.8. The summed E-state index contributed by atoms with van der Waals surface area (Å²) in [6.45, 7) is 1.40. The van der Waals surface area contributed by atoms with Crippen molar-refractivity contribution in [1.82, 2.24) is 20.4 Å². The number of phenolic OH excluding ortho intramolecular Hbond substituents is 1. The lowest BCUT2D eigenvalue weighted by Gasteiger charge is -2.62. The summed E-state index contributed by atoms with van der Waals surface area (Å²) in [5, 5.41) is 38.0. The molecule has 0 spiro atoms. The molecule has 0 saturated carbocycles. The van der Waals surface area contributed by atoms with Gasteiger partial charge in [0.15, 0.2) is 17.5 Å². The second kappa shape index (κ2) is 15.1. The molecule has 0 aromatic heterocycles. The van der Waals surface area contributed by atoms with Gasteiger partial charge in [-0.05, 0) is 76.2 Å². The van der Waals surface area contributed by atoms with Gasteiger partial charge in [0.1, 0.15) is 18.2 Å². The van der Waals surface area contributed by atoms with Crippen molar-refractivity contribution < 1.29 is 44.0 Å². The number of aliphatic carboxylic acids is 1. The van der Waals surface area contributed by atoms with E-state index in [9.17, 15) is 29.4 Å². The molecular weight excluding hydrogens is 650 g/mol. The first kappa shape index (κ1) is 36.7. The average molecular weight is 700 g/mol. The molecule has 0 radical (unpaired) electrons. The molecule has 4 unspecified atom stereocenters. The van der Waals surface area contributed by atoms with Crippen molar-refractivity contribution in [1.29, 1.82) is 0 Å². The number of likely N-dealkylation sites (tertiary alicyclic amines) is 2. The fourth-order valence-electron chi connectivity index (χ4n) is 8.28. The van der Waals surface area contributed by atoms with Crippen molar-refractivity contribution in [2.75, 3.05) is 40.3 Å². The lowest BCUT2D eigenvalue weighted by molar-refractivity contribution is -0.146. The van der Waals surface area contributed by atoms with Gasteiger partial charge in [0.2, 0.25) is 11.8 Å². The van der Waals surface area contributed by atoms with E-state index >= 15 is 0 Å². The van der Waals surface area contributed by atoms with E-state index in [0.717, 1.165) is 18.4 Å². The lowest BCUT2D eigenvalue weighted by Crippen LogP contribution is -2.71. The molecule has 16 heteroatoms. The largest absolute Gasteiger partial charge is 0.504 e. The fourth-order valence-corrected chi connectivity index (χ4v) is 8.28. The molecule has 5 rings (SSSR count). The van der Waals surface area contributed by atoms with Gasteiger partial charge in [-0.1, -0.05) is 6.07 Å². The van der Waals surface area contributed by atoms with Crippen LogP contribution >= 0.6 is 0 Å². The monoisotopic (exact) mass is 699 g/mol. The van der Waals surface area contributed by atoms with E-state index in [4.69, 9.17) is 26.0 Å². The summed E-state index contributed by atoms with van der Waals surface area (Å²) in [5.41, 5.74) is 10.2. The number of nitrogens with two attached hydrogens (primary N) is 2. The van der Waals surface area contributed by atoms with Gasteiger partial charge in [-0.25, -0.2) is 4.79 Å². The van der Waals surface area contributed by atoms with Crippen molar-refractivity contribution in [3.8, 4) is 11.5 Å². The minimum Gasteiger partial charge on any atom is -0.504 e. The van der Waals surface area contributed by atoms with Crippen molar-refractivity contribution in [2.45, 2.75) is 93.3 Å². The third-order valence-electron chi connectivity index (χ3n) is 10.8. The van der Waals surface area contributed by atoms with Gasteiger partial charge in [0.25, 0.3) is 0 Å². The number of benzene rings is 1. The maximum atomic E-state index is 13.8. The zero-order chi connectivity index (χ0) is 36.2. The molecule has 2 bridgehead atoms. The topological polar surface area (TPSA) is 242 Å². The van der Waals surface area contributed by atoms with E-state index in [1.165, 1.54) is 7.11 Å². The van der Waals surface area contributed by atoms with E-state index < -0.39 is 53.4 Å². The summed E-state index contributed by atoms with van der Waals surface area (Å²) in [5.74, 6) is -2.03. The van der Waals surface area contributed by atoms with Crippen LogP contribution in [0.15, 0.2) is 29.0 Å². The molecule has 2 aliphatic heterocycles. The molecule has 9 N–H and O–H groups in total. The molecule has 5 atom stereocenters. The number of carboxylic acids is 1. The summed E-state index contributed by atoms with van der Waals surface area (Å²) in [7, 11) is 3.48. The number of phenols is 1. The van der Waals surface area contributed by atoms with Crippen LogP contribution in [0.1, 0.15) is 68.9 Å². The van der Waals surface area contributed by atoms with Crippen molar-refractivity contribution in [2.24, 2.45) is 16.5 Å². The second-order valence-corrected chi connectivity index (χ2v) is 13.8. The number of hydrogen-bond acceptors (Lipinski definition) is 10. The number of likely N-dealkylation sites (N-methyl/N-ethyl adjacent to an activating group) is 1. The van der Waals surface area contributed by atoms with Crippen LogP contribution < -0.4 is 26.8 Å². The van der Waals surface area contributed by atoms with Crippen molar-refractivity contribution in [3.05, 3.63) is 35.1 Å². The number of ether oxygens (including phenoxy) is 2. The first-order chi connectivity index (χ1) is 23.8. The van der Waals surface area contributed by atoms with Crippen molar-refractivity contribution >= 4 is 29.8 Å². The standard InChI is InChI=1S/C34H49N7O9/c1-40-15-12-33-18-22(10-11-34(33,48)25(40)16-20-8-9-24(49-2)29(45)28(20)33)50-32(47)41-14-4-3-6-21(41)19-38-30(46)23(7-5-13-37-31(35)36)39-26(42)17-27(43)44/h8-10,21,23,25,45,48H,3-7,11-19H2,1-2H3,(H,38,46)(H,39,42)(H,43,44)(H4,35,36,37)/t21?,23?,25?,33-,34?/m1/s1. The second-order valence-electron chi connectivity index (χ2n) is 13.8. The predicted octanol–water partition coefficient (Wildman–Crippen LogP) is 0.428. The van der Waals surface area contributed by atoms with Crippen molar-refractivity contribution in [3.63, 3.8) is 0 Å². The number of piperidine rings is 2. The zero-order valence-electron chi connectivity index (χ0n) is 28.7. The number of methoxy groups -OCH3 is 1. The number of carboxylic acid groups (broad SMARTS) is 1. The van der Waals surface area contributed by atoms with Crippen LogP contribution in [0.5, 0.6) is 11.5 Å². The first-order valence-electron chi connectivity index (χ1n) is 17.1. The Bertz CT molecular complexity index is 1550. The maximum Gasteiger partial charge on any atom is 0.415 e. The SMILES string of the molecule is COc1ccc2c(c1O)[C@]13CCN(C)C(C2)C1(O)CC=C(OC(=O)N1CCCCC1CNC(=O)C(CCCN=C(N)N)NC(=O)CC(=O)O)C3.